The van der Waals surface area contributed by atoms with Crippen molar-refractivity contribution >= 4 is 6.03 Å². The van der Waals surface area contributed by atoms with Crippen molar-refractivity contribution in [2.45, 2.75) is 19.3 Å². The van der Waals surface area contributed by atoms with Crippen molar-refractivity contribution in [2.24, 2.45) is 5.41 Å². The van der Waals surface area contributed by atoms with Crippen molar-refractivity contribution in [1.29, 1.82) is 0 Å². The molecule has 2 N–H and O–H groups in total. The molecule has 0 aliphatic carbocycles. The molecule has 2 rings (SSSR count). The molecule has 0 aromatic heterocycles. The highest BCUT2D eigenvalue weighted by Crippen LogP contribution is 2.36. The van der Waals surface area contributed by atoms with Crippen LogP contribution in [0.4, 0.5) is 4.79 Å². The van der Waals surface area contributed by atoms with E-state index in [1.165, 1.54) is 12.8 Å². The third kappa shape index (κ3) is 1.71. The van der Waals surface area contributed by atoms with Gasteiger partial charge in [0.25, 0.3) is 0 Å². The van der Waals surface area contributed by atoms with Gasteiger partial charge in [0, 0.05) is 32.1 Å². The smallest absolute Gasteiger partial charge is 0.317 e. The van der Waals surface area contributed by atoms with Crippen molar-refractivity contribution in [3.8, 4) is 0 Å². The van der Waals surface area contributed by atoms with Crippen molar-refractivity contribution in [3.05, 3.63) is 0 Å². The van der Waals surface area contributed by atoms with E-state index >= 15 is 0 Å². The lowest BCUT2D eigenvalue weighted by molar-refractivity contribution is 0.187. The minimum absolute atomic E-state index is 0.0763. The molecule has 4 nitrogen and oxygen atoms in total. The quantitative estimate of drug-likeness (QED) is 0.590. The molecule has 2 saturated heterocycles. The summed E-state index contributed by atoms with van der Waals surface area (Å²) in [7, 11) is 1.70. The Morgan fingerprint density at radius 3 is 3.00 bits per heavy atom. The monoisotopic (exact) mass is 197 g/mol. The molecule has 0 saturated carbocycles. The highest BCUT2D eigenvalue weighted by atomic mass is 16.2. The zero-order chi connectivity index (χ0) is 10.0. The maximum absolute atomic E-state index is 11.4. The second-order valence-corrected chi connectivity index (χ2v) is 4.51. The molecule has 4 heteroatoms. The normalized spacial score (nSPS) is 32.2. The lowest BCUT2D eigenvalue weighted by Crippen LogP contribution is -2.44. The largest absolute Gasteiger partial charge is 0.341 e. The summed E-state index contributed by atoms with van der Waals surface area (Å²) in [5.41, 5.74) is 0.380. The molecule has 2 aliphatic heterocycles. The summed E-state index contributed by atoms with van der Waals surface area (Å²) in [4.78, 5) is 13.4. The second kappa shape index (κ2) is 3.77. The Morgan fingerprint density at radius 2 is 2.36 bits per heavy atom. The van der Waals surface area contributed by atoms with E-state index in [-0.39, 0.29) is 6.03 Å². The second-order valence-electron chi connectivity index (χ2n) is 4.51. The molecule has 2 amide bonds. The number of hydrogen-bond acceptors (Lipinski definition) is 2. The summed E-state index contributed by atoms with van der Waals surface area (Å²) in [6.45, 7) is 4.07. The van der Waals surface area contributed by atoms with Gasteiger partial charge in [-0.3, -0.25) is 0 Å². The standard InChI is InChI=1S/C10H19N3O/c1-11-9(14)13-6-4-10(8-13)3-2-5-12-7-10/h12H,2-8H2,1H3,(H,11,14). The van der Waals surface area contributed by atoms with Crippen LogP contribution in [0.3, 0.4) is 0 Å². The number of amides is 2. The first-order chi connectivity index (χ1) is 6.76. The third-order valence-electron chi connectivity index (χ3n) is 3.50. The van der Waals surface area contributed by atoms with Gasteiger partial charge in [-0.1, -0.05) is 0 Å². The lowest BCUT2D eigenvalue weighted by atomic mass is 9.80. The molecule has 0 bridgehead atoms. The zero-order valence-corrected chi connectivity index (χ0v) is 8.81. The van der Waals surface area contributed by atoms with Gasteiger partial charge in [0.05, 0.1) is 0 Å². The van der Waals surface area contributed by atoms with Crippen LogP contribution in [0.25, 0.3) is 0 Å². The SMILES string of the molecule is CNC(=O)N1CCC2(CCCNC2)C1. The minimum atomic E-state index is 0.0763. The lowest BCUT2D eigenvalue weighted by Gasteiger charge is -2.33. The molecule has 0 aromatic rings. The number of piperidine rings is 1. The van der Waals surface area contributed by atoms with E-state index < -0.39 is 0 Å². The molecule has 1 spiro atoms. The van der Waals surface area contributed by atoms with Gasteiger partial charge in [0.15, 0.2) is 0 Å². The van der Waals surface area contributed by atoms with E-state index in [2.05, 4.69) is 10.6 Å². The van der Waals surface area contributed by atoms with Gasteiger partial charge in [-0.15, -0.1) is 0 Å². The molecular weight excluding hydrogens is 178 g/mol. The van der Waals surface area contributed by atoms with E-state index in [9.17, 15) is 4.79 Å². The van der Waals surface area contributed by atoms with Crippen LogP contribution in [-0.4, -0.2) is 44.2 Å². The molecule has 2 fully saturated rings. The van der Waals surface area contributed by atoms with E-state index in [1.807, 2.05) is 4.90 Å². The average Bonchev–Trinajstić information content (AvgIpc) is 2.62. The van der Waals surface area contributed by atoms with E-state index in [1.54, 1.807) is 7.05 Å². The Hall–Kier alpha value is -0.770. The summed E-state index contributed by atoms with van der Waals surface area (Å²) < 4.78 is 0. The maximum Gasteiger partial charge on any atom is 0.317 e. The van der Waals surface area contributed by atoms with Crippen LogP contribution < -0.4 is 10.6 Å². The number of carbonyl (C=O) groups excluding carboxylic acids is 1. The Labute approximate surface area is 85.0 Å². The van der Waals surface area contributed by atoms with Gasteiger partial charge in [-0.2, -0.15) is 0 Å². The third-order valence-corrected chi connectivity index (χ3v) is 3.50. The van der Waals surface area contributed by atoms with Gasteiger partial charge in [-0.25, -0.2) is 4.79 Å². The molecule has 2 heterocycles. The molecule has 80 valence electrons. The molecule has 0 radical (unpaired) electrons. The number of rotatable bonds is 0. The summed E-state index contributed by atoms with van der Waals surface area (Å²) in [5.74, 6) is 0. The average molecular weight is 197 g/mol. The van der Waals surface area contributed by atoms with E-state index in [0.29, 0.717) is 5.41 Å². The minimum Gasteiger partial charge on any atom is -0.341 e. The first-order valence-corrected chi connectivity index (χ1v) is 5.43. The molecule has 1 atom stereocenters. The van der Waals surface area contributed by atoms with E-state index in [4.69, 9.17) is 0 Å². The first kappa shape index (κ1) is 9.77. The highest BCUT2D eigenvalue weighted by Gasteiger charge is 2.40. The van der Waals surface area contributed by atoms with Crippen LogP contribution in [0.5, 0.6) is 0 Å². The fourth-order valence-electron chi connectivity index (χ4n) is 2.65. The summed E-state index contributed by atoms with van der Waals surface area (Å²) in [5, 5.41) is 6.13. The predicted octanol–water partition coefficient (Wildman–Crippen LogP) is 0.401. The summed E-state index contributed by atoms with van der Waals surface area (Å²) in [6, 6.07) is 0.0763. The van der Waals surface area contributed by atoms with Crippen molar-refractivity contribution in [1.82, 2.24) is 15.5 Å². The number of nitrogens with zero attached hydrogens (tertiary/aromatic N) is 1. The number of likely N-dealkylation sites (tertiary alicyclic amines) is 1. The zero-order valence-electron chi connectivity index (χ0n) is 8.81. The Bertz CT molecular complexity index is 223. The molecule has 1 unspecified atom stereocenters. The number of nitrogens with one attached hydrogen (secondary N) is 2. The number of hydrogen-bond donors (Lipinski definition) is 2. The summed E-state index contributed by atoms with van der Waals surface area (Å²) >= 11 is 0. The number of carbonyl (C=O) groups is 1. The number of urea groups is 1. The van der Waals surface area contributed by atoms with Crippen molar-refractivity contribution in [2.75, 3.05) is 33.2 Å². The Kier molecular flexibility index (Phi) is 2.63. The van der Waals surface area contributed by atoms with Crippen LogP contribution in [-0.2, 0) is 0 Å². The van der Waals surface area contributed by atoms with Crippen LogP contribution in [0, 0.1) is 5.41 Å². The first-order valence-electron chi connectivity index (χ1n) is 5.43. The van der Waals surface area contributed by atoms with Crippen LogP contribution in [0.1, 0.15) is 19.3 Å². The van der Waals surface area contributed by atoms with Gasteiger partial charge < -0.3 is 15.5 Å². The van der Waals surface area contributed by atoms with Crippen LogP contribution >= 0.6 is 0 Å². The molecule has 2 aliphatic rings. The van der Waals surface area contributed by atoms with Gasteiger partial charge in [0.1, 0.15) is 0 Å². The molecular formula is C10H19N3O. The molecule has 14 heavy (non-hydrogen) atoms. The van der Waals surface area contributed by atoms with Crippen molar-refractivity contribution < 1.29 is 4.79 Å². The highest BCUT2D eigenvalue weighted by molar-refractivity contribution is 5.74. The Morgan fingerprint density at radius 1 is 1.50 bits per heavy atom. The van der Waals surface area contributed by atoms with Gasteiger partial charge in [0.2, 0.25) is 0 Å². The predicted molar refractivity (Wildman–Crippen MR) is 55.2 cm³/mol. The van der Waals surface area contributed by atoms with Gasteiger partial charge >= 0.3 is 6.03 Å². The summed E-state index contributed by atoms with van der Waals surface area (Å²) in [6.07, 6.45) is 3.68. The fourth-order valence-corrected chi connectivity index (χ4v) is 2.65. The van der Waals surface area contributed by atoms with Gasteiger partial charge in [-0.05, 0) is 25.8 Å². The van der Waals surface area contributed by atoms with Crippen molar-refractivity contribution in [3.63, 3.8) is 0 Å². The van der Waals surface area contributed by atoms with Crippen LogP contribution in [0.15, 0.2) is 0 Å². The maximum atomic E-state index is 11.4. The van der Waals surface area contributed by atoms with Crippen LogP contribution in [0.2, 0.25) is 0 Å². The molecule has 0 aromatic carbocycles. The Balaban J connectivity index is 1.95. The van der Waals surface area contributed by atoms with E-state index in [0.717, 1.165) is 32.6 Å². The topological polar surface area (TPSA) is 44.4 Å². The fraction of sp³-hybridized carbons (Fsp3) is 0.900.